The summed E-state index contributed by atoms with van der Waals surface area (Å²) in [4.78, 5) is 2.45. The lowest BCUT2D eigenvalue weighted by Gasteiger charge is -2.38. The molecule has 92 valence electrons. The van der Waals surface area contributed by atoms with Crippen LogP contribution in [0.15, 0.2) is 0 Å². The molecule has 0 heterocycles. The molecule has 0 spiro atoms. The molecule has 2 nitrogen and oxygen atoms in total. The zero-order valence-corrected chi connectivity index (χ0v) is 11.2. The molecule has 0 aromatic heterocycles. The van der Waals surface area contributed by atoms with Gasteiger partial charge in [-0.15, -0.1) is 0 Å². The van der Waals surface area contributed by atoms with Crippen LogP contribution in [0.2, 0.25) is 0 Å². The number of unbranched alkanes of at least 4 members (excludes halogenated alkanes) is 3. The van der Waals surface area contributed by atoms with Crippen LogP contribution in [0.5, 0.6) is 0 Å². The van der Waals surface area contributed by atoms with E-state index >= 15 is 0 Å². The first-order valence-corrected chi connectivity index (χ1v) is 6.52. The van der Waals surface area contributed by atoms with Crippen molar-refractivity contribution in [1.82, 2.24) is 4.90 Å². The Labute approximate surface area is 96.2 Å². The van der Waals surface area contributed by atoms with E-state index in [9.17, 15) is 0 Å². The van der Waals surface area contributed by atoms with Crippen LogP contribution in [-0.4, -0.2) is 30.6 Å². The van der Waals surface area contributed by atoms with Gasteiger partial charge in [0.25, 0.3) is 0 Å². The Hall–Kier alpha value is -0.0800. The minimum atomic E-state index is 0.213. The molecule has 0 aromatic carbocycles. The molecule has 0 aliphatic rings. The molecule has 15 heavy (non-hydrogen) atoms. The van der Waals surface area contributed by atoms with Crippen LogP contribution in [0.3, 0.4) is 0 Å². The van der Waals surface area contributed by atoms with Crippen molar-refractivity contribution >= 4 is 0 Å². The number of nitrogens with two attached hydrogens (primary N) is 1. The molecule has 0 aromatic rings. The van der Waals surface area contributed by atoms with Crippen molar-refractivity contribution in [2.24, 2.45) is 5.73 Å². The van der Waals surface area contributed by atoms with Gasteiger partial charge < -0.3 is 5.73 Å². The van der Waals surface area contributed by atoms with Crippen LogP contribution >= 0.6 is 0 Å². The van der Waals surface area contributed by atoms with Crippen LogP contribution in [-0.2, 0) is 0 Å². The van der Waals surface area contributed by atoms with E-state index in [1.807, 2.05) is 0 Å². The predicted molar refractivity (Wildman–Crippen MR) is 69.1 cm³/mol. The fourth-order valence-corrected chi connectivity index (χ4v) is 1.87. The highest BCUT2D eigenvalue weighted by Gasteiger charge is 2.26. The summed E-state index contributed by atoms with van der Waals surface area (Å²) in [5.41, 5.74) is 6.13. The molecule has 0 aliphatic heterocycles. The smallest absolute Gasteiger partial charge is 0.0300 e. The maximum absolute atomic E-state index is 5.92. The number of nitrogens with zero attached hydrogens (tertiary/aromatic N) is 1. The monoisotopic (exact) mass is 214 g/mol. The average Bonchev–Trinajstić information content (AvgIpc) is 2.25. The van der Waals surface area contributed by atoms with Gasteiger partial charge in [-0.1, -0.05) is 39.5 Å². The fraction of sp³-hybridized carbons (Fsp3) is 1.00. The molecule has 0 rings (SSSR count). The standard InChI is InChI=1S/C13H30N2/c1-5-7-9-10-13(3,12-14)15(4)11-8-6-2/h5-12,14H2,1-4H3. The summed E-state index contributed by atoms with van der Waals surface area (Å²) < 4.78 is 0. The molecule has 0 amide bonds. The number of hydrogen-bond donors (Lipinski definition) is 1. The summed E-state index contributed by atoms with van der Waals surface area (Å²) in [5, 5.41) is 0. The number of hydrogen-bond acceptors (Lipinski definition) is 2. The maximum atomic E-state index is 5.92. The van der Waals surface area contributed by atoms with E-state index in [1.165, 1.54) is 45.1 Å². The zero-order valence-electron chi connectivity index (χ0n) is 11.2. The van der Waals surface area contributed by atoms with E-state index in [0.717, 1.165) is 6.54 Å². The fourth-order valence-electron chi connectivity index (χ4n) is 1.87. The van der Waals surface area contributed by atoms with Crippen molar-refractivity contribution in [2.75, 3.05) is 20.1 Å². The molecule has 0 aliphatic carbocycles. The van der Waals surface area contributed by atoms with E-state index in [1.54, 1.807) is 0 Å². The minimum absolute atomic E-state index is 0.213. The molecule has 2 heteroatoms. The molecule has 1 atom stereocenters. The maximum Gasteiger partial charge on any atom is 0.0300 e. The van der Waals surface area contributed by atoms with Gasteiger partial charge >= 0.3 is 0 Å². The van der Waals surface area contributed by atoms with Gasteiger partial charge in [0, 0.05) is 12.1 Å². The molecule has 0 saturated carbocycles. The second-order valence-electron chi connectivity index (χ2n) is 4.93. The average molecular weight is 214 g/mol. The first kappa shape index (κ1) is 14.9. The molecule has 0 radical (unpaired) electrons. The van der Waals surface area contributed by atoms with Gasteiger partial charge in [0.2, 0.25) is 0 Å². The second kappa shape index (κ2) is 8.12. The highest BCUT2D eigenvalue weighted by atomic mass is 15.2. The van der Waals surface area contributed by atoms with E-state index in [0.29, 0.717) is 0 Å². The van der Waals surface area contributed by atoms with Gasteiger partial charge in [0.05, 0.1) is 0 Å². The summed E-state index contributed by atoms with van der Waals surface area (Å²) in [6, 6.07) is 0. The van der Waals surface area contributed by atoms with Crippen molar-refractivity contribution in [3.63, 3.8) is 0 Å². The van der Waals surface area contributed by atoms with Crippen LogP contribution in [0.25, 0.3) is 0 Å². The highest BCUT2D eigenvalue weighted by molar-refractivity contribution is 4.85. The molecular weight excluding hydrogens is 184 g/mol. The molecule has 0 saturated heterocycles. The van der Waals surface area contributed by atoms with Crippen molar-refractivity contribution < 1.29 is 0 Å². The molecule has 0 fully saturated rings. The first-order valence-electron chi connectivity index (χ1n) is 6.52. The lowest BCUT2D eigenvalue weighted by Crippen LogP contribution is -2.49. The molecule has 0 bridgehead atoms. The Morgan fingerprint density at radius 3 is 2.13 bits per heavy atom. The molecule has 1 unspecified atom stereocenters. The van der Waals surface area contributed by atoms with Gasteiger partial charge in [-0.2, -0.15) is 0 Å². The predicted octanol–water partition coefficient (Wildman–Crippen LogP) is 3.02. The lowest BCUT2D eigenvalue weighted by atomic mass is 9.92. The highest BCUT2D eigenvalue weighted by Crippen LogP contribution is 2.20. The normalized spacial score (nSPS) is 15.6. The van der Waals surface area contributed by atoms with Crippen LogP contribution in [0.1, 0.15) is 59.3 Å². The third-order valence-electron chi connectivity index (χ3n) is 3.53. The number of rotatable bonds is 9. The zero-order chi connectivity index (χ0) is 11.7. The summed E-state index contributed by atoms with van der Waals surface area (Å²) in [5.74, 6) is 0. The van der Waals surface area contributed by atoms with E-state index in [-0.39, 0.29) is 5.54 Å². The Kier molecular flexibility index (Phi) is 8.07. The van der Waals surface area contributed by atoms with Crippen LogP contribution < -0.4 is 5.73 Å². The quantitative estimate of drug-likeness (QED) is 0.598. The SMILES string of the molecule is CCCCCC(C)(CN)N(C)CCCC. The Morgan fingerprint density at radius 1 is 1.07 bits per heavy atom. The first-order chi connectivity index (χ1) is 7.10. The van der Waals surface area contributed by atoms with Crippen molar-refractivity contribution in [1.29, 1.82) is 0 Å². The third kappa shape index (κ3) is 5.53. The topological polar surface area (TPSA) is 29.3 Å². The van der Waals surface area contributed by atoms with Gasteiger partial charge in [0.15, 0.2) is 0 Å². The molecule has 2 N–H and O–H groups in total. The van der Waals surface area contributed by atoms with Crippen molar-refractivity contribution in [2.45, 2.75) is 64.8 Å². The summed E-state index contributed by atoms with van der Waals surface area (Å²) in [6.07, 6.45) is 7.70. The van der Waals surface area contributed by atoms with Crippen molar-refractivity contribution in [3.05, 3.63) is 0 Å². The Balaban J connectivity index is 4.02. The van der Waals surface area contributed by atoms with Crippen molar-refractivity contribution in [3.8, 4) is 0 Å². The summed E-state index contributed by atoms with van der Waals surface area (Å²) in [6.45, 7) is 8.75. The lowest BCUT2D eigenvalue weighted by molar-refractivity contribution is 0.129. The van der Waals surface area contributed by atoms with Gasteiger partial charge in [-0.3, -0.25) is 4.90 Å². The second-order valence-corrected chi connectivity index (χ2v) is 4.93. The summed E-state index contributed by atoms with van der Waals surface area (Å²) in [7, 11) is 2.22. The Bertz CT molecular complexity index is 147. The van der Waals surface area contributed by atoms with E-state index in [2.05, 4.69) is 32.7 Å². The van der Waals surface area contributed by atoms with Gasteiger partial charge in [-0.05, 0) is 33.4 Å². The van der Waals surface area contributed by atoms with Gasteiger partial charge in [-0.25, -0.2) is 0 Å². The third-order valence-corrected chi connectivity index (χ3v) is 3.53. The van der Waals surface area contributed by atoms with Crippen LogP contribution in [0.4, 0.5) is 0 Å². The summed E-state index contributed by atoms with van der Waals surface area (Å²) >= 11 is 0. The van der Waals surface area contributed by atoms with Crippen LogP contribution in [0, 0.1) is 0 Å². The van der Waals surface area contributed by atoms with E-state index < -0.39 is 0 Å². The molecular formula is C13H30N2. The van der Waals surface area contributed by atoms with Gasteiger partial charge in [0.1, 0.15) is 0 Å². The minimum Gasteiger partial charge on any atom is -0.329 e. The Morgan fingerprint density at radius 2 is 1.67 bits per heavy atom. The number of likely N-dealkylation sites (N-methyl/N-ethyl adjacent to an activating group) is 1. The largest absolute Gasteiger partial charge is 0.329 e. The van der Waals surface area contributed by atoms with E-state index in [4.69, 9.17) is 5.73 Å².